The van der Waals surface area contributed by atoms with Gasteiger partial charge in [-0.2, -0.15) is 5.26 Å². The van der Waals surface area contributed by atoms with E-state index in [0.717, 1.165) is 15.7 Å². The van der Waals surface area contributed by atoms with Gasteiger partial charge in [-0.15, -0.1) is 0 Å². The van der Waals surface area contributed by atoms with Crippen LogP contribution in [-0.2, 0) is 6.54 Å². The van der Waals surface area contributed by atoms with Gasteiger partial charge in [0.1, 0.15) is 0 Å². The molecule has 0 fully saturated rings. The van der Waals surface area contributed by atoms with Crippen molar-refractivity contribution in [2.75, 3.05) is 5.32 Å². The Bertz CT molecular complexity index is 605. The fraction of sp³-hybridized carbons (Fsp3) is 0.0714. The second-order valence-electron chi connectivity index (χ2n) is 3.77. The molecule has 0 heterocycles. The van der Waals surface area contributed by atoms with E-state index in [1.807, 2.05) is 36.4 Å². The van der Waals surface area contributed by atoms with Crippen LogP contribution in [0.4, 0.5) is 5.69 Å². The zero-order chi connectivity index (χ0) is 13.0. The first-order valence-corrected chi connectivity index (χ1v) is 6.55. The van der Waals surface area contributed by atoms with Crippen molar-refractivity contribution in [3.8, 4) is 6.07 Å². The van der Waals surface area contributed by atoms with Crippen LogP contribution in [0.5, 0.6) is 0 Å². The minimum absolute atomic E-state index is 0.647. The molecule has 2 aromatic rings. The van der Waals surface area contributed by atoms with Crippen molar-refractivity contribution in [2.24, 2.45) is 0 Å². The minimum atomic E-state index is 0.647. The van der Waals surface area contributed by atoms with E-state index < -0.39 is 0 Å². The Morgan fingerprint density at radius 2 is 2.00 bits per heavy atom. The van der Waals surface area contributed by atoms with Gasteiger partial charge >= 0.3 is 0 Å². The summed E-state index contributed by atoms with van der Waals surface area (Å²) in [6.45, 7) is 0.647. The van der Waals surface area contributed by atoms with Crippen LogP contribution in [0.2, 0.25) is 5.02 Å². The van der Waals surface area contributed by atoms with Gasteiger partial charge in [-0.3, -0.25) is 0 Å². The van der Waals surface area contributed by atoms with E-state index in [1.54, 1.807) is 6.07 Å². The monoisotopic (exact) mass is 320 g/mol. The molecule has 0 saturated carbocycles. The maximum Gasteiger partial charge on any atom is 0.0991 e. The summed E-state index contributed by atoms with van der Waals surface area (Å²) in [5, 5.41) is 12.8. The summed E-state index contributed by atoms with van der Waals surface area (Å²) in [7, 11) is 0. The molecule has 2 rings (SSSR count). The van der Waals surface area contributed by atoms with E-state index in [4.69, 9.17) is 16.9 Å². The molecule has 0 amide bonds. The summed E-state index contributed by atoms with van der Waals surface area (Å²) in [6, 6.07) is 15.3. The Kier molecular flexibility index (Phi) is 4.24. The number of nitriles is 1. The quantitative estimate of drug-likeness (QED) is 0.897. The normalized spacial score (nSPS) is 9.83. The molecule has 0 atom stereocenters. The van der Waals surface area contributed by atoms with Gasteiger partial charge in [0, 0.05) is 6.54 Å². The molecule has 0 aliphatic rings. The number of benzene rings is 2. The maximum absolute atomic E-state index is 8.83. The van der Waals surface area contributed by atoms with Gasteiger partial charge in [0.2, 0.25) is 0 Å². The van der Waals surface area contributed by atoms with Crippen LogP contribution >= 0.6 is 27.5 Å². The molecule has 4 heteroatoms. The van der Waals surface area contributed by atoms with Crippen LogP contribution in [0, 0.1) is 11.3 Å². The summed E-state index contributed by atoms with van der Waals surface area (Å²) in [6.07, 6.45) is 0. The molecule has 0 aromatic heterocycles. The Labute approximate surface area is 119 Å². The van der Waals surface area contributed by atoms with Gasteiger partial charge in [-0.05, 0) is 45.8 Å². The van der Waals surface area contributed by atoms with E-state index in [2.05, 4.69) is 27.3 Å². The van der Waals surface area contributed by atoms with E-state index in [1.165, 1.54) is 0 Å². The third kappa shape index (κ3) is 3.04. The Hall–Kier alpha value is -1.50. The highest BCUT2D eigenvalue weighted by atomic mass is 79.9. The topological polar surface area (TPSA) is 35.8 Å². The van der Waals surface area contributed by atoms with Crippen molar-refractivity contribution < 1.29 is 0 Å². The van der Waals surface area contributed by atoms with Crippen molar-refractivity contribution >= 4 is 33.2 Å². The van der Waals surface area contributed by atoms with Crippen molar-refractivity contribution in [3.05, 3.63) is 63.1 Å². The predicted molar refractivity (Wildman–Crippen MR) is 77.6 cm³/mol. The third-order valence-corrected chi connectivity index (χ3v) is 3.89. The highest BCUT2D eigenvalue weighted by molar-refractivity contribution is 9.10. The molecule has 0 radical (unpaired) electrons. The average Bonchev–Trinajstić information content (AvgIpc) is 2.41. The molecule has 0 aliphatic carbocycles. The Balaban J connectivity index is 2.12. The summed E-state index contributed by atoms with van der Waals surface area (Å²) in [4.78, 5) is 0. The molecular formula is C14H10BrClN2. The van der Waals surface area contributed by atoms with Crippen molar-refractivity contribution in [1.29, 1.82) is 5.26 Å². The third-order valence-electron chi connectivity index (χ3n) is 2.49. The molecule has 0 spiro atoms. The Morgan fingerprint density at radius 3 is 2.78 bits per heavy atom. The highest BCUT2D eigenvalue weighted by Crippen LogP contribution is 2.30. The lowest BCUT2D eigenvalue weighted by molar-refractivity contribution is 1.14. The molecule has 0 bridgehead atoms. The van der Waals surface area contributed by atoms with Crippen LogP contribution < -0.4 is 5.32 Å². The van der Waals surface area contributed by atoms with Crippen LogP contribution in [0.3, 0.4) is 0 Å². The van der Waals surface area contributed by atoms with E-state index >= 15 is 0 Å². The maximum atomic E-state index is 8.83. The zero-order valence-electron chi connectivity index (χ0n) is 9.45. The van der Waals surface area contributed by atoms with Crippen LogP contribution in [0.1, 0.15) is 11.1 Å². The number of nitrogens with one attached hydrogen (secondary N) is 1. The summed E-state index contributed by atoms with van der Waals surface area (Å²) in [5.41, 5.74) is 2.66. The second kappa shape index (κ2) is 5.90. The van der Waals surface area contributed by atoms with Crippen molar-refractivity contribution in [3.63, 3.8) is 0 Å². The minimum Gasteiger partial charge on any atom is -0.380 e. The van der Waals surface area contributed by atoms with Crippen molar-refractivity contribution in [2.45, 2.75) is 6.54 Å². The number of hydrogen-bond donors (Lipinski definition) is 1. The number of anilines is 1. The van der Waals surface area contributed by atoms with E-state index in [9.17, 15) is 0 Å². The molecule has 18 heavy (non-hydrogen) atoms. The zero-order valence-corrected chi connectivity index (χ0v) is 11.8. The van der Waals surface area contributed by atoms with Crippen LogP contribution in [0.15, 0.2) is 46.9 Å². The Morgan fingerprint density at radius 1 is 1.22 bits per heavy atom. The van der Waals surface area contributed by atoms with Crippen LogP contribution in [0.25, 0.3) is 0 Å². The first-order chi connectivity index (χ1) is 8.70. The van der Waals surface area contributed by atoms with Gasteiger partial charge < -0.3 is 5.32 Å². The highest BCUT2D eigenvalue weighted by Gasteiger charge is 2.03. The number of hydrogen-bond acceptors (Lipinski definition) is 2. The SMILES string of the molecule is N#Cc1cccc(CNc2cccc(Cl)c2Br)c1. The summed E-state index contributed by atoms with van der Waals surface area (Å²) in [5.74, 6) is 0. The fourth-order valence-electron chi connectivity index (χ4n) is 1.59. The molecule has 2 aromatic carbocycles. The number of rotatable bonds is 3. The molecule has 0 saturated heterocycles. The lowest BCUT2D eigenvalue weighted by Gasteiger charge is -2.09. The lowest BCUT2D eigenvalue weighted by atomic mass is 10.1. The van der Waals surface area contributed by atoms with Gasteiger partial charge in [0.05, 0.1) is 26.8 Å². The van der Waals surface area contributed by atoms with Gasteiger partial charge in [0.25, 0.3) is 0 Å². The lowest BCUT2D eigenvalue weighted by Crippen LogP contribution is -2.00. The largest absolute Gasteiger partial charge is 0.380 e. The molecular weight excluding hydrogens is 312 g/mol. The van der Waals surface area contributed by atoms with Gasteiger partial charge in [0.15, 0.2) is 0 Å². The second-order valence-corrected chi connectivity index (χ2v) is 4.97. The molecule has 0 aliphatic heterocycles. The standard InChI is InChI=1S/C14H10BrClN2/c15-14-12(16)5-2-6-13(14)18-9-11-4-1-3-10(7-11)8-17/h1-7,18H,9H2. The smallest absolute Gasteiger partial charge is 0.0991 e. The van der Waals surface area contributed by atoms with E-state index in [-0.39, 0.29) is 0 Å². The van der Waals surface area contributed by atoms with Gasteiger partial charge in [-0.25, -0.2) is 0 Å². The van der Waals surface area contributed by atoms with Gasteiger partial charge in [-0.1, -0.05) is 29.8 Å². The van der Waals surface area contributed by atoms with Crippen LogP contribution in [-0.4, -0.2) is 0 Å². The number of halogens is 2. The average molecular weight is 322 g/mol. The first kappa shape index (κ1) is 12.9. The first-order valence-electron chi connectivity index (χ1n) is 5.37. The fourth-order valence-corrected chi connectivity index (χ4v) is 2.17. The van der Waals surface area contributed by atoms with E-state index in [0.29, 0.717) is 17.1 Å². The molecule has 2 nitrogen and oxygen atoms in total. The number of nitrogens with zero attached hydrogens (tertiary/aromatic N) is 1. The predicted octanol–water partition coefficient (Wildman–Crippen LogP) is 4.59. The summed E-state index contributed by atoms with van der Waals surface area (Å²) >= 11 is 9.45. The van der Waals surface area contributed by atoms with Crippen molar-refractivity contribution in [1.82, 2.24) is 0 Å². The molecule has 0 unspecified atom stereocenters. The molecule has 1 N–H and O–H groups in total. The summed E-state index contributed by atoms with van der Waals surface area (Å²) < 4.78 is 0.850. The molecule has 90 valence electrons.